The van der Waals surface area contributed by atoms with Gasteiger partial charge in [0.05, 0.1) is 0 Å². The zero-order valence-corrected chi connectivity index (χ0v) is 13.7. The molecule has 2 amide bonds. The van der Waals surface area contributed by atoms with Crippen molar-refractivity contribution in [3.05, 3.63) is 65.2 Å². The van der Waals surface area contributed by atoms with Crippen molar-refractivity contribution in [1.29, 1.82) is 0 Å². The third kappa shape index (κ3) is 3.91. The predicted molar refractivity (Wildman–Crippen MR) is 92.3 cm³/mol. The lowest BCUT2D eigenvalue weighted by Gasteiger charge is -2.30. The Hall–Kier alpha value is -3.02. The van der Waals surface area contributed by atoms with Crippen molar-refractivity contribution in [1.82, 2.24) is 10.2 Å². The monoisotopic (exact) mass is 340 g/mol. The second kappa shape index (κ2) is 7.25. The molecule has 0 aromatic heterocycles. The lowest BCUT2D eigenvalue weighted by atomic mass is 10.0. The molecule has 0 radical (unpaired) electrons. The number of aromatic hydroxyl groups is 1. The molecule has 0 aliphatic carbocycles. The average molecular weight is 340 g/mol. The van der Waals surface area contributed by atoms with Crippen molar-refractivity contribution in [2.45, 2.75) is 25.4 Å². The number of carboxylic acid groups (broad SMARTS) is 1. The Kier molecular flexibility index (Phi) is 4.88. The Balaban J connectivity index is 1.67. The largest absolute Gasteiger partial charge is 0.508 e. The molecule has 1 unspecified atom stereocenters. The summed E-state index contributed by atoms with van der Waals surface area (Å²) in [6, 6.07) is 13.0. The molecule has 0 spiro atoms. The van der Waals surface area contributed by atoms with Crippen LogP contribution in [0.5, 0.6) is 5.75 Å². The van der Waals surface area contributed by atoms with Crippen LogP contribution in [0.1, 0.15) is 16.7 Å². The van der Waals surface area contributed by atoms with Crippen LogP contribution in [0.3, 0.4) is 0 Å². The highest BCUT2D eigenvalue weighted by molar-refractivity contribution is 5.83. The maximum absolute atomic E-state index is 12.5. The highest BCUT2D eigenvalue weighted by Crippen LogP contribution is 2.20. The molecule has 6 heteroatoms. The Morgan fingerprint density at radius 3 is 2.48 bits per heavy atom. The summed E-state index contributed by atoms with van der Waals surface area (Å²) < 4.78 is 0. The SMILES string of the molecule is O=C(O)C(Cc1ccccc1O)NC(=O)N1CCc2ccccc2C1. The molecule has 2 aromatic carbocycles. The third-order valence-corrected chi connectivity index (χ3v) is 4.43. The zero-order chi connectivity index (χ0) is 17.8. The van der Waals surface area contributed by atoms with E-state index in [0.717, 1.165) is 12.0 Å². The van der Waals surface area contributed by atoms with E-state index in [1.54, 1.807) is 23.1 Å². The second-order valence-electron chi connectivity index (χ2n) is 6.11. The van der Waals surface area contributed by atoms with Crippen LogP contribution in [0.15, 0.2) is 48.5 Å². The topological polar surface area (TPSA) is 89.9 Å². The number of amides is 2. The number of nitrogens with zero attached hydrogens (tertiary/aromatic N) is 1. The summed E-state index contributed by atoms with van der Waals surface area (Å²) in [6.07, 6.45) is 0.777. The summed E-state index contributed by atoms with van der Waals surface area (Å²) in [4.78, 5) is 25.6. The Morgan fingerprint density at radius 1 is 1.08 bits per heavy atom. The summed E-state index contributed by atoms with van der Waals surface area (Å²) >= 11 is 0. The Labute approximate surface area is 145 Å². The minimum Gasteiger partial charge on any atom is -0.508 e. The average Bonchev–Trinajstić information content (AvgIpc) is 2.62. The molecule has 0 saturated carbocycles. The maximum atomic E-state index is 12.5. The third-order valence-electron chi connectivity index (χ3n) is 4.43. The van der Waals surface area contributed by atoms with E-state index in [4.69, 9.17) is 0 Å². The lowest BCUT2D eigenvalue weighted by molar-refractivity contribution is -0.139. The molecule has 0 bridgehead atoms. The number of carbonyl (C=O) groups is 2. The van der Waals surface area contributed by atoms with Crippen molar-refractivity contribution in [2.75, 3.05) is 6.54 Å². The van der Waals surface area contributed by atoms with Crippen molar-refractivity contribution in [3.63, 3.8) is 0 Å². The molecule has 1 aliphatic rings. The highest BCUT2D eigenvalue weighted by atomic mass is 16.4. The lowest BCUT2D eigenvalue weighted by Crippen LogP contribution is -2.50. The Morgan fingerprint density at radius 2 is 1.76 bits per heavy atom. The highest BCUT2D eigenvalue weighted by Gasteiger charge is 2.26. The van der Waals surface area contributed by atoms with Gasteiger partial charge in [0.25, 0.3) is 0 Å². The van der Waals surface area contributed by atoms with E-state index in [9.17, 15) is 19.8 Å². The molecule has 2 aromatic rings. The molecule has 130 valence electrons. The number of hydrogen-bond acceptors (Lipinski definition) is 3. The summed E-state index contributed by atoms with van der Waals surface area (Å²) in [7, 11) is 0. The van der Waals surface area contributed by atoms with Gasteiger partial charge < -0.3 is 20.4 Å². The number of rotatable bonds is 4. The van der Waals surface area contributed by atoms with E-state index in [1.807, 2.05) is 24.3 Å². The summed E-state index contributed by atoms with van der Waals surface area (Å²) in [5.41, 5.74) is 2.78. The maximum Gasteiger partial charge on any atom is 0.326 e. The molecular weight excluding hydrogens is 320 g/mol. The van der Waals surface area contributed by atoms with E-state index < -0.39 is 18.0 Å². The molecule has 3 rings (SSSR count). The molecule has 1 aliphatic heterocycles. The second-order valence-corrected chi connectivity index (χ2v) is 6.11. The van der Waals surface area contributed by atoms with Gasteiger partial charge in [-0.2, -0.15) is 0 Å². The van der Waals surface area contributed by atoms with Gasteiger partial charge in [-0.1, -0.05) is 42.5 Å². The van der Waals surface area contributed by atoms with Gasteiger partial charge in [-0.25, -0.2) is 9.59 Å². The number of hydrogen-bond donors (Lipinski definition) is 3. The van der Waals surface area contributed by atoms with Crippen molar-refractivity contribution >= 4 is 12.0 Å². The fourth-order valence-corrected chi connectivity index (χ4v) is 3.01. The molecule has 1 heterocycles. The summed E-state index contributed by atoms with van der Waals surface area (Å²) in [5, 5.41) is 21.8. The van der Waals surface area contributed by atoms with Gasteiger partial charge in [-0.05, 0) is 29.2 Å². The van der Waals surface area contributed by atoms with Gasteiger partial charge in [0.1, 0.15) is 11.8 Å². The molecule has 3 N–H and O–H groups in total. The van der Waals surface area contributed by atoms with E-state index in [2.05, 4.69) is 5.32 Å². The van der Waals surface area contributed by atoms with Crippen LogP contribution in [0.25, 0.3) is 0 Å². The van der Waals surface area contributed by atoms with Crippen LogP contribution in [0.2, 0.25) is 0 Å². The normalized spacial score (nSPS) is 14.5. The predicted octanol–water partition coefficient (Wildman–Crippen LogP) is 2.16. The number of benzene rings is 2. The number of aliphatic carboxylic acids is 1. The minimum atomic E-state index is -1.13. The standard InChI is InChI=1S/C19H20N2O4/c22-17-8-4-3-6-14(17)11-16(18(23)24)20-19(25)21-10-9-13-5-1-2-7-15(13)12-21/h1-8,16,22H,9-12H2,(H,20,25)(H,23,24). The van der Waals surface area contributed by atoms with E-state index >= 15 is 0 Å². The molecule has 0 fully saturated rings. The number of para-hydroxylation sites is 1. The van der Waals surface area contributed by atoms with Gasteiger partial charge in [0.15, 0.2) is 0 Å². The van der Waals surface area contributed by atoms with Gasteiger partial charge >= 0.3 is 12.0 Å². The van der Waals surface area contributed by atoms with Crippen LogP contribution in [0, 0.1) is 0 Å². The van der Waals surface area contributed by atoms with E-state index in [0.29, 0.717) is 18.7 Å². The van der Waals surface area contributed by atoms with Gasteiger partial charge in [0.2, 0.25) is 0 Å². The molecule has 0 saturated heterocycles. The van der Waals surface area contributed by atoms with Crippen molar-refractivity contribution < 1.29 is 19.8 Å². The van der Waals surface area contributed by atoms with Crippen LogP contribution < -0.4 is 5.32 Å². The Bertz CT molecular complexity index is 790. The first-order chi connectivity index (χ1) is 12.0. The van der Waals surface area contributed by atoms with Crippen LogP contribution in [-0.4, -0.2) is 39.7 Å². The van der Waals surface area contributed by atoms with Crippen molar-refractivity contribution in [3.8, 4) is 5.75 Å². The molecular formula is C19H20N2O4. The number of urea groups is 1. The zero-order valence-electron chi connectivity index (χ0n) is 13.7. The van der Waals surface area contributed by atoms with Crippen LogP contribution in [-0.2, 0) is 24.2 Å². The van der Waals surface area contributed by atoms with Gasteiger partial charge in [-0.15, -0.1) is 0 Å². The molecule has 1 atom stereocenters. The van der Waals surface area contributed by atoms with Crippen LogP contribution >= 0.6 is 0 Å². The fourth-order valence-electron chi connectivity index (χ4n) is 3.01. The van der Waals surface area contributed by atoms with E-state index in [1.165, 1.54) is 11.6 Å². The number of carbonyl (C=O) groups excluding carboxylic acids is 1. The minimum absolute atomic E-state index is 0.0231. The van der Waals surface area contributed by atoms with Gasteiger partial charge in [-0.3, -0.25) is 0 Å². The number of phenols is 1. The van der Waals surface area contributed by atoms with E-state index in [-0.39, 0.29) is 12.2 Å². The number of carboxylic acids is 1. The quantitative estimate of drug-likeness (QED) is 0.795. The first kappa shape index (κ1) is 16.8. The summed E-state index contributed by atoms with van der Waals surface area (Å²) in [5.74, 6) is -1.11. The number of phenolic OH excluding ortho intramolecular Hbond substituents is 1. The van der Waals surface area contributed by atoms with Crippen LogP contribution in [0.4, 0.5) is 4.79 Å². The van der Waals surface area contributed by atoms with Crippen molar-refractivity contribution in [2.24, 2.45) is 0 Å². The fraction of sp³-hybridized carbons (Fsp3) is 0.263. The molecule has 6 nitrogen and oxygen atoms in total. The smallest absolute Gasteiger partial charge is 0.326 e. The number of fused-ring (bicyclic) bond motifs is 1. The molecule has 25 heavy (non-hydrogen) atoms. The first-order valence-electron chi connectivity index (χ1n) is 8.16. The summed E-state index contributed by atoms with van der Waals surface area (Å²) in [6.45, 7) is 1.01. The van der Waals surface area contributed by atoms with Gasteiger partial charge in [0, 0.05) is 19.5 Å². The number of nitrogens with one attached hydrogen (secondary N) is 1. The first-order valence-corrected chi connectivity index (χ1v) is 8.16.